The first-order valence-corrected chi connectivity index (χ1v) is 8.25. The zero-order chi connectivity index (χ0) is 20.8. The second-order valence-corrected chi connectivity index (χ2v) is 5.82. The Morgan fingerprint density at radius 3 is 2.38 bits per heavy atom. The van der Waals surface area contributed by atoms with Crippen molar-refractivity contribution < 1.29 is 14.7 Å². The molecule has 0 aliphatic rings. The van der Waals surface area contributed by atoms with Crippen LogP contribution in [0.5, 0.6) is 5.75 Å². The predicted octanol–water partition coefficient (Wildman–Crippen LogP) is 3.56. The van der Waals surface area contributed by atoms with Gasteiger partial charge in [0.1, 0.15) is 17.3 Å². The van der Waals surface area contributed by atoms with E-state index in [0.717, 1.165) is 6.20 Å². The van der Waals surface area contributed by atoms with Crippen molar-refractivity contribution >= 4 is 29.0 Å². The number of anilines is 2. The Balaban J connectivity index is 1.87. The molecule has 0 atom stereocenters. The van der Waals surface area contributed by atoms with E-state index in [-0.39, 0.29) is 34.1 Å². The molecule has 29 heavy (non-hydrogen) atoms. The van der Waals surface area contributed by atoms with Gasteiger partial charge in [0.25, 0.3) is 11.8 Å². The maximum atomic E-state index is 12.6. The quantitative estimate of drug-likeness (QED) is 0.571. The summed E-state index contributed by atoms with van der Waals surface area (Å²) in [5.41, 5.74) is 0.852. The number of nitriles is 1. The lowest BCUT2D eigenvalue weighted by Crippen LogP contribution is -2.18. The highest BCUT2D eigenvalue weighted by Gasteiger charge is 2.16. The van der Waals surface area contributed by atoms with Crippen LogP contribution in [0.15, 0.2) is 66.0 Å². The van der Waals surface area contributed by atoms with Gasteiger partial charge in [-0.2, -0.15) is 5.26 Å². The monoisotopic (exact) mass is 387 g/mol. The van der Waals surface area contributed by atoms with E-state index >= 15 is 0 Å². The third-order valence-corrected chi connectivity index (χ3v) is 3.87. The number of carbonyl (C=O) groups excluding carboxylic acids is 2. The molecule has 0 spiro atoms. The van der Waals surface area contributed by atoms with Crippen molar-refractivity contribution in [3.63, 3.8) is 0 Å². The molecule has 3 aromatic rings. The van der Waals surface area contributed by atoms with E-state index in [1.54, 1.807) is 0 Å². The van der Waals surface area contributed by atoms with E-state index in [0.29, 0.717) is 5.56 Å². The summed E-state index contributed by atoms with van der Waals surface area (Å²) in [6.45, 7) is 0. The minimum Gasteiger partial charge on any atom is -0.506 e. The molecule has 0 fully saturated rings. The third-order valence-electron chi connectivity index (χ3n) is 3.87. The van der Waals surface area contributed by atoms with Gasteiger partial charge in [-0.05, 0) is 59.8 Å². The number of aromatic hydroxyl groups is 1. The van der Waals surface area contributed by atoms with Crippen molar-refractivity contribution in [2.45, 2.75) is 0 Å². The molecule has 1 heterocycles. The lowest BCUT2D eigenvalue weighted by Gasteiger charge is -2.12. The van der Waals surface area contributed by atoms with Crippen LogP contribution in [0.25, 0.3) is 0 Å². The topological polar surface area (TPSA) is 145 Å². The number of nitrogens with one attached hydrogen (secondary N) is 2. The molecule has 0 aliphatic heterocycles. The molecular formula is C20H13N5O4. The van der Waals surface area contributed by atoms with Gasteiger partial charge in [-0.1, -0.05) is 0 Å². The summed E-state index contributed by atoms with van der Waals surface area (Å²) in [5, 5.41) is 26.0. The molecule has 2 aromatic carbocycles. The third kappa shape index (κ3) is 4.58. The standard InChI is InChI=1S/C20H13N5O4/c21-10-12-1-3-13(4-2-12)19(27)23-17-7-5-14(25-29)9-16(17)20(28)24-18-8-6-15(26)11-22-18/h1-9,11,26H,(H,23,27)(H,22,24,28). The molecule has 0 radical (unpaired) electrons. The summed E-state index contributed by atoms with van der Waals surface area (Å²) >= 11 is 0. The fraction of sp³-hybridized carbons (Fsp3) is 0. The predicted molar refractivity (Wildman–Crippen MR) is 105 cm³/mol. The smallest absolute Gasteiger partial charge is 0.259 e. The Kier molecular flexibility index (Phi) is 5.56. The van der Waals surface area contributed by atoms with Crippen molar-refractivity contribution in [1.29, 1.82) is 5.26 Å². The fourth-order valence-electron chi connectivity index (χ4n) is 2.42. The first-order valence-electron chi connectivity index (χ1n) is 8.25. The average molecular weight is 387 g/mol. The van der Waals surface area contributed by atoms with Crippen LogP contribution in [0, 0.1) is 16.2 Å². The molecule has 3 N–H and O–H groups in total. The number of hydrogen-bond donors (Lipinski definition) is 3. The lowest BCUT2D eigenvalue weighted by atomic mass is 10.1. The van der Waals surface area contributed by atoms with E-state index in [1.807, 2.05) is 6.07 Å². The SMILES string of the molecule is N#Cc1ccc(C(=O)Nc2ccc(N=O)cc2C(=O)Nc2ccc(O)cn2)cc1. The summed E-state index contributed by atoms with van der Waals surface area (Å²) in [5.74, 6) is -1.03. The number of nitrogens with zero attached hydrogens (tertiary/aromatic N) is 3. The highest BCUT2D eigenvalue weighted by atomic mass is 16.3. The van der Waals surface area contributed by atoms with Crippen LogP contribution >= 0.6 is 0 Å². The minimum absolute atomic E-state index is 0.000954. The van der Waals surface area contributed by atoms with E-state index in [2.05, 4.69) is 20.8 Å². The van der Waals surface area contributed by atoms with Crippen LogP contribution < -0.4 is 10.6 Å². The average Bonchev–Trinajstić information content (AvgIpc) is 2.75. The molecule has 0 bridgehead atoms. The van der Waals surface area contributed by atoms with Gasteiger partial charge < -0.3 is 15.7 Å². The molecule has 0 saturated heterocycles. The molecule has 3 rings (SSSR count). The number of aromatic nitrogens is 1. The van der Waals surface area contributed by atoms with E-state index in [4.69, 9.17) is 5.26 Å². The fourth-order valence-corrected chi connectivity index (χ4v) is 2.42. The van der Waals surface area contributed by atoms with E-state index < -0.39 is 11.8 Å². The normalized spacial score (nSPS) is 9.90. The summed E-state index contributed by atoms with van der Waals surface area (Å²) < 4.78 is 0. The molecule has 0 saturated carbocycles. The van der Waals surface area contributed by atoms with Crippen molar-refractivity contribution in [2.75, 3.05) is 10.6 Å². The van der Waals surface area contributed by atoms with Gasteiger partial charge in [0.2, 0.25) is 0 Å². The van der Waals surface area contributed by atoms with Gasteiger partial charge in [-0.25, -0.2) is 4.98 Å². The number of nitroso groups, excluding NO2 is 1. The van der Waals surface area contributed by atoms with Gasteiger partial charge in [-0.15, -0.1) is 4.91 Å². The van der Waals surface area contributed by atoms with Crippen LogP contribution in [0.2, 0.25) is 0 Å². The van der Waals surface area contributed by atoms with Gasteiger partial charge >= 0.3 is 0 Å². The molecule has 0 unspecified atom stereocenters. The van der Waals surface area contributed by atoms with Crippen LogP contribution in [0.3, 0.4) is 0 Å². The van der Waals surface area contributed by atoms with Crippen LogP contribution in [0.4, 0.5) is 17.2 Å². The number of pyridine rings is 1. The Hall–Kier alpha value is -4.58. The highest BCUT2D eigenvalue weighted by Crippen LogP contribution is 2.24. The van der Waals surface area contributed by atoms with Crippen LogP contribution in [-0.2, 0) is 0 Å². The summed E-state index contributed by atoms with van der Waals surface area (Å²) in [4.78, 5) is 39.8. The Morgan fingerprint density at radius 1 is 1.00 bits per heavy atom. The second kappa shape index (κ2) is 8.41. The Labute approximate surface area is 164 Å². The Morgan fingerprint density at radius 2 is 1.76 bits per heavy atom. The zero-order valence-electron chi connectivity index (χ0n) is 14.8. The van der Waals surface area contributed by atoms with Crippen molar-refractivity contribution in [1.82, 2.24) is 4.98 Å². The van der Waals surface area contributed by atoms with Gasteiger partial charge in [0.05, 0.1) is 29.1 Å². The maximum Gasteiger partial charge on any atom is 0.259 e. The van der Waals surface area contributed by atoms with Crippen molar-refractivity contribution in [2.24, 2.45) is 5.18 Å². The molecule has 142 valence electrons. The highest BCUT2D eigenvalue weighted by molar-refractivity contribution is 6.12. The lowest BCUT2D eigenvalue weighted by molar-refractivity contribution is 0.102. The number of hydrogen-bond acceptors (Lipinski definition) is 7. The largest absolute Gasteiger partial charge is 0.506 e. The first-order chi connectivity index (χ1) is 14.0. The van der Waals surface area contributed by atoms with Crippen molar-refractivity contribution in [3.8, 4) is 11.8 Å². The van der Waals surface area contributed by atoms with E-state index in [1.165, 1.54) is 54.6 Å². The summed E-state index contributed by atoms with van der Waals surface area (Å²) in [7, 11) is 0. The number of amides is 2. The summed E-state index contributed by atoms with van der Waals surface area (Å²) in [6.07, 6.45) is 1.16. The summed E-state index contributed by atoms with van der Waals surface area (Å²) in [6, 6.07) is 14.6. The van der Waals surface area contributed by atoms with Crippen LogP contribution in [-0.4, -0.2) is 21.9 Å². The molecular weight excluding hydrogens is 374 g/mol. The zero-order valence-corrected chi connectivity index (χ0v) is 14.8. The van der Waals surface area contributed by atoms with Gasteiger partial charge in [0.15, 0.2) is 0 Å². The number of benzene rings is 2. The first kappa shape index (κ1) is 19.2. The van der Waals surface area contributed by atoms with Gasteiger partial charge in [0, 0.05) is 5.56 Å². The maximum absolute atomic E-state index is 12.6. The Bertz CT molecular complexity index is 1120. The number of rotatable bonds is 5. The van der Waals surface area contributed by atoms with Gasteiger partial charge in [-0.3, -0.25) is 9.59 Å². The molecule has 2 amide bonds. The van der Waals surface area contributed by atoms with E-state index in [9.17, 15) is 19.6 Å². The van der Waals surface area contributed by atoms with Crippen molar-refractivity contribution in [3.05, 3.63) is 82.4 Å². The molecule has 9 nitrogen and oxygen atoms in total. The minimum atomic E-state index is -0.635. The molecule has 0 aliphatic carbocycles. The molecule has 1 aromatic heterocycles. The molecule has 9 heteroatoms. The second-order valence-electron chi connectivity index (χ2n) is 5.82. The van der Waals surface area contributed by atoms with Crippen LogP contribution in [0.1, 0.15) is 26.3 Å². The number of carbonyl (C=O) groups is 2.